The van der Waals surface area contributed by atoms with E-state index in [1.54, 1.807) is 0 Å². The average Bonchev–Trinajstić information content (AvgIpc) is 1.82. The summed E-state index contributed by atoms with van der Waals surface area (Å²) in [6.45, 7) is 4.01. The van der Waals surface area contributed by atoms with Crippen molar-refractivity contribution in [1.29, 1.82) is 0 Å². The first-order chi connectivity index (χ1) is 5.24. The summed E-state index contributed by atoms with van der Waals surface area (Å²) in [5.41, 5.74) is 1.37. The largest absolute Gasteiger partial charge is 0.300 e. The van der Waals surface area contributed by atoms with Crippen LogP contribution in [0.2, 0.25) is 0 Å². The molecule has 0 heterocycles. The third-order valence-corrected chi connectivity index (χ3v) is 2.85. The molecule has 1 nitrogen and oxygen atoms in total. The predicted molar refractivity (Wildman–Crippen MR) is 44.2 cm³/mol. The first-order valence-electron chi connectivity index (χ1n) is 4.42. The number of fused-ring (bicyclic) bond motifs is 2. The fraction of sp³-hybridized carbons (Fsp3) is 0.700. The van der Waals surface area contributed by atoms with Gasteiger partial charge in [0.25, 0.3) is 0 Å². The second kappa shape index (κ2) is 2.47. The van der Waals surface area contributed by atoms with Gasteiger partial charge in [0.05, 0.1) is 0 Å². The molecule has 2 fully saturated rings. The molecule has 0 N–H and O–H groups in total. The molecule has 2 saturated carbocycles. The molecule has 60 valence electrons. The lowest BCUT2D eigenvalue weighted by molar-refractivity contribution is -0.123. The third-order valence-electron chi connectivity index (χ3n) is 2.85. The number of hydrogen-bond donors (Lipinski definition) is 0. The molecule has 2 rings (SSSR count). The van der Waals surface area contributed by atoms with Crippen molar-refractivity contribution < 1.29 is 4.79 Å². The summed E-state index contributed by atoms with van der Waals surface area (Å²) < 4.78 is 0. The zero-order chi connectivity index (χ0) is 7.84. The number of carbonyl (C=O) groups excluding carboxylic acids is 1. The minimum atomic E-state index is 0.485. The van der Waals surface area contributed by atoms with Crippen LogP contribution in [0, 0.1) is 11.8 Å². The lowest BCUT2D eigenvalue weighted by Gasteiger charge is -2.34. The van der Waals surface area contributed by atoms with Crippen LogP contribution < -0.4 is 0 Å². The van der Waals surface area contributed by atoms with Gasteiger partial charge in [0.15, 0.2) is 0 Å². The van der Waals surface area contributed by atoms with Gasteiger partial charge in [0.1, 0.15) is 5.78 Å². The van der Waals surface area contributed by atoms with E-state index in [0.29, 0.717) is 17.6 Å². The number of rotatable bonds is 0. The smallest absolute Gasteiger partial charge is 0.133 e. The number of hydrogen-bond acceptors (Lipinski definition) is 1. The Morgan fingerprint density at radius 1 is 1.09 bits per heavy atom. The molecule has 2 atom stereocenters. The highest BCUT2D eigenvalue weighted by Crippen LogP contribution is 2.39. The standard InChI is InChI=1S/C10H14O/c1-7-2-8-4-9(3-7)6-10(11)5-8/h8-9H,1-6H2/t8-,9-/m0/s1. The number of Topliss-reactive ketones (excluding diaryl/α,β-unsaturated/α-hetero) is 1. The predicted octanol–water partition coefficient (Wildman–Crippen LogP) is 2.32. The first kappa shape index (κ1) is 7.08. The van der Waals surface area contributed by atoms with Crippen LogP contribution >= 0.6 is 0 Å². The van der Waals surface area contributed by atoms with Gasteiger partial charge in [-0.05, 0) is 31.1 Å². The molecule has 0 spiro atoms. The van der Waals surface area contributed by atoms with E-state index in [2.05, 4.69) is 6.58 Å². The summed E-state index contributed by atoms with van der Waals surface area (Å²) in [4.78, 5) is 11.2. The molecule has 0 amide bonds. The van der Waals surface area contributed by atoms with Crippen LogP contribution in [0.25, 0.3) is 0 Å². The quantitative estimate of drug-likeness (QED) is 0.484. The monoisotopic (exact) mass is 150 g/mol. The number of allylic oxidation sites excluding steroid dienone is 1. The normalized spacial score (nSPS) is 37.5. The van der Waals surface area contributed by atoms with Crippen LogP contribution in [0.15, 0.2) is 12.2 Å². The molecule has 0 aromatic carbocycles. The van der Waals surface area contributed by atoms with Gasteiger partial charge in [-0.15, -0.1) is 0 Å². The minimum absolute atomic E-state index is 0.485. The molecule has 0 saturated heterocycles. The van der Waals surface area contributed by atoms with Crippen molar-refractivity contribution >= 4 is 5.78 Å². The molecule has 0 aromatic rings. The lowest BCUT2D eigenvalue weighted by Crippen LogP contribution is -2.27. The molecule has 2 aliphatic rings. The zero-order valence-corrected chi connectivity index (χ0v) is 6.81. The second-order valence-electron chi connectivity index (χ2n) is 4.07. The maximum Gasteiger partial charge on any atom is 0.133 e. The maximum atomic E-state index is 11.2. The summed E-state index contributed by atoms with van der Waals surface area (Å²) >= 11 is 0. The van der Waals surface area contributed by atoms with E-state index in [0.717, 1.165) is 25.7 Å². The van der Waals surface area contributed by atoms with Crippen molar-refractivity contribution in [3.05, 3.63) is 12.2 Å². The van der Waals surface area contributed by atoms with Crippen molar-refractivity contribution in [3.63, 3.8) is 0 Å². The van der Waals surface area contributed by atoms with E-state index in [1.807, 2.05) is 0 Å². The van der Waals surface area contributed by atoms with Crippen LogP contribution in [-0.4, -0.2) is 5.78 Å². The Morgan fingerprint density at radius 3 is 2.18 bits per heavy atom. The summed E-state index contributed by atoms with van der Waals surface area (Å²) in [5, 5.41) is 0. The molecule has 11 heavy (non-hydrogen) atoms. The van der Waals surface area contributed by atoms with Gasteiger partial charge in [-0.3, -0.25) is 4.79 Å². The van der Waals surface area contributed by atoms with Gasteiger partial charge in [0.2, 0.25) is 0 Å². The maximum absolute atomic E-state index is 11.2. The van der Waals surface area contributed by atoms with Crippen molar-refractivity contribution in [3.8, 4) is 0 Å². The summed E-state index contributed by atoms with van der Waals surface area (Å²) in [6.07, 6.45) is 5.17. The van der Waals surface area contributed by atoms with Gasteiger partial charge in [-0.2, -0.15) is 0 Å². The molecule has 2 aliphatic carbocycles. The molecule has 1 heteroatoms. The molecule has 2 bridgehead atoms. The van der Waals surface area contributed by atoms with Gasteiger partial charge >= 0.3 is 0 Å². The number of carbonyl (C=O) groups is 1. The Bertz CT molecular complexity index is 167. The molecular weight excluding hydrogens is 136 g/mol. The average molecular weight is 150 g/mol. The fourth-order valence-electron chi connectivity index (χ4n) is 2.58. The Labute approximate surface area is 67.5 Å². The van der Waals surface area contributed by atoms with Crippen LogP contribution in [0.3, 0.4) is 0 Å². The molecular formula is C10H14O. The van der Waals surface area contributed by atoms with E-state index in [9.17, 15) is 4.79 Å². The number of ketones is 1. The van der Waals surface area contributed by atoms with Crippen molar-refractivity contribution in [1.82, 2.24) is 0 Å². The van der Waals surface area contributed by atoms with Gasteiger partial charge in [-0.25, -0.2) is 0 Å². The SMILES string of the molecule is C=C1C[C@@H]2CC(=O)C[C@@H](C1)C2. The highest BCUT2D eigenvalue weighted by atomic mass is 16.1. The summed E-state index contributed by atoms with van der Waals surface area (Å²) in [7, 11) is 0. The fourth-order valence-corrected chi connectivity index (χ4v) is 2.58. The van der Waals surface area contributed by atoms with Crippen LogP contribution in [0.5, 0.6) is 0 Å². The first-order valence-corrected chi connectivity index (χ1v) is 4.42. The van der Waals surface area contributed by atoms with E-state index < -0.39 is 0 Å². The molecule has 0 unspecified atom stereocenters. The van der Waals surface area contributed by atoms with Crippen molar-refractivity contribution in [2.45, 2.75) is 32.1 Å². The third kappa shape index (κ3) is 1.37. The Balaban J connectivity index is 2.11. The summed E-state index contributed by atoms with van der Waals surface area (Å²) in [6, 6.07) is 0. The van der Waals surface area contributed by atoms with Crippen molar-refractivity contribution in [2.75, 3.05) is 0 Å². The second-order valence-corrected chi connectivity index (χ2v) is 4.07. The molecule has 0 radical (unpaired) electrons. The van der Waals surface area contributed by atoms with E-state index >= 15 is 0 Å². The van der Waals surface area contributed by atoms with Crippen LogP contribution in [0.1, 0.15) is 32.1 Å². The topological polar surface area (TPSA) is 17.1 Å². The Morgan fingerprint density at radius 2 is 1.64 bits per heavy atom. The lowest BCUT2D eigenvalue weighted by atomic mass is 9.70. The highest BCUT2D eigenvalue weighted by molar-refractivity contribution is 5.79. The van der Waals surface area contributed by atoms with Crippen LogP contribution in [-0.2, 0) is 4.79 Å². The molecule has 0 aromatic heterocycles. The van der Waals surface area contributed by atoms with E-state index in [-0.39, 0.29) is 0 Å². The van der Waals surface area contributed by atoms with Crippen molar-refractivity contribution in [2.24, 2.45) is 11.8 Å². The van der Waals surface area contributed by atoms with Gasteiger partial charge in [-0.1, -0.05) is 12.2 Å². The van der Waals surface area contributed by atoms with Gasteiger partial charge < -0.3 is 0 Å². The summed E-state index contributed by atoms with van der Waals surface area (Å²) in [5.74, 6) is 1.80. The Hall–Kier alpha value is -0.590. The minimum Gasteiger partial charge on any atom is -0.300 e. The highest BCUT2D eigenvalue weighted by Gasteiger charge is 2.31. The van der Waals surface area contributed by atoms with Crippen LogP contribution in [0.4, 0.5) is 0 Å². The molecule has 0 aliphatic heterocycles. The zero-order valence-electron chi connectivity index (χ0n) is 6.81. The Kier molecular flexibility index (Phi) is 1.59. The van der Waals surface area contributed by atoms with E-state index in [1.165, 1.54) is 12.0 Å². The van der Waals surface area contributed by atoms with Gasteiger partial charge in [0, 0.05) is 12.8 Å². The van der Waals surface area contributed by atoms with E-state index in [4.69, 9.17) is 0 Å².